The predicted octanol–water partition coefficient (Wildman–Crippen LogP) is 0.222. The Balaban J connectivity index is 2.45. The molecule has 3 nitrogen and oxygen atoms in total. The number of alkyl halides is 1. The van der Waals surface area contributed by atoms with Crippen molar-refractivity contribution in [3.63, 3.8) is 0 Å². The van der Waals surface area contributed by atoms with Gasteiger partial charge in [-0.25, -0.2) is 0 Å². The zero-order valence-electron chi connectivity index (χ0n) is 5.96. The fraction of sp³-hybridized carbons (Fsp3) is 1.00. The fourth-order valence-electron chi connectivity index (χ4n) is 1.06. The van der Waals surface area contributed by atoms with Crippen molar-refractivity contribution in [2.24, 2.45) is 0 Å². The average molecular weight is 166 g/mol. The number of aliphatic hydroxyl groups excluding tert-OH is 1. The van der Waals surface area contributed by atoms with Crippen LogP contribution in [0.15, 0.2) is 0 Å². The quantitative estimate of drug-likeness (QED) is 0.446. The summed E-state index contributed by atoms with van der Waals surface area (Å²) in [7, 11) is 0. The maximum atomic E-state index is 9.26. The zero-order chi connectivity index (χ0) is 7.56. The first-order valence-electron chi connectivity index (χ1n) is 3.41. The van der Waals surface area contributed by atoms with E-state index in [2.05, 4.69) is 0 Å². The molecule has 10 heavy (non-hydrogen) atoms. The molecule has 0 bridgehead atoms. The highest BCUT2D eigenvalue weighted by Crippen LogP contribution is 2.13. The van der Waals surface area contributed by atoms with Gasteiger partial charge in [0.15, 0.2) is 0 Å². The van der Waals surface area contributed by atoms with E-state index < -0.39 is 6.23 Å². The maximum Gasteiger partial charge on any atom is 0.132 e. The van der Waals surface area contributed by atoms with Gasteiger partial charge in [-0.2, -0.15) is 0 Å². The molecular formula is C6H12ClNO2. The van der Waals surface area contributed by atoms with Crippen molar-refractivity contribution in [1.82, 2.24) is 4.90 Å². The Kier molecular flexibility index (Phi) is 2.92. The lowest BCUT2D eigenvalue weighted by molar-refractivity contribution is -0.114. The summed E-state index contributed by atoms with van der Waals surface area (Å²) in [5.74, 6) is 0. The molecule has 0 radical (unpaired) electrons. The Morgan fingerprint density at radius 3 is 2.80 bits per heavy atom. The summed E-state index contributed by atoms with van der Waals surface area (Å²) in [5.41, 5.74) is -0.172. The van der Waals surface area contributed by atoms with Gasteiger partial charge in [-0.3, -0.25) is 4.90 Å². The molecular weight excluding hydrogens is 154 g/mol. The van der Waals surface area contributed by atoms with Crippen LogP contribution >= 0.6 is 11.6 Å². The van der Waals surface area contributed by atoms with Gasteiger partial charge >= 0.3 is 0 Å². The first-order chi connectivity index (χ1) is 4.75. The van der Waals surface area contributed by atoms with Crippen LogP contribution in [0, 0.1) is 0 Å². The lowest BCUT2D eigenvalue weighted by atomic mass is 10.4. The van der Waals surface area contributed by atoms with Crippen LogP contribution in [0.4, 0.5) is 0 Å². The van der Waals surface area contributed by atoms with E-state index in [4.69, 9.17) is 16.3 Å². The molecule has 0 amide bonds. The molecule has 1 rings (SSSR count). The number of hydrogen-bond acceptors (Lipinski definition) is 3. The van der Waals surface area contributed by atoms with Crippen molar-refractivity contribution in [3.05, 3.63) is 0 Å². The summed E-state index contributed by atoms with van der Waals surface area (Å²) < 4.78 is 5.00. The summed E-state index contributed by atoms with van der Waals surface area (Å²) in [6.45, 7) is 3.60. The summed E-state index contributed by atoms with van der Waals surface area (Å²) in [6.07, 6.45) is -0.527. The standard InChI is InChI=1S/C6H12ClNO2/c1-2-8-5(7)3-10-4-6(8)9/h5-6,9H,2-4H2,1H3. The first-order valence-corrected chi connectivity index (χ1v) is 3.85. The molecule has 1 aliphatic rings. The van der Waals surface area contributed by atoms with E-state index in [0.29, 0.717) is 13.2 Å². The maximum absolute atomic E-state index is 9.26. The molecule has 0 aromatic heterocycles. The van der Waals surface area contributed by atoms with Crippen LogP contribution < -0.4 is 0 Å². The summed E-state index contributed by atoms with van der Waals surface area (Å²) in [4.78, 5) is 1.80. The second kappa shape index (κ2) is 3.53. The van der Waals surface area contributed by atoms with E-state index in [1.807, 2.05) is 6.92 Å². The summed E-state index contributed by atoms with van der Waals surface area (Å²) in [5, 5.41) is 9.26. The van der Waals surface area contributed by atoms with E-state index in [9.17, 15) is 5.11 Å². The molecule has 60 valence electrons. The number of hydrogen-bond donors (Lipinski definition) is 1. The Labute approximate surface area is 65.5 Å². The van der Waals surface area contributed by atoms with E-state index in [1.54, 1.807) is 4.90 Å². The second-order valence-electron chi connectivity index (χ2n) is 2.28. The van der Waals surface area contributed by atoms with Gasteiger partial charge in [0, 0.05) is 0 Å². The van der Waals surface area contributed by atoms with Gasteiger partial charge in [-0.05, 0) is 6.54 Å². The monoisotopic (exact) mass is 165 g/mol. The van der Waals surface area contributed by atoms with Gasteiger partial charge in [-0.15, -0.1) is 11.6 Å². The average Bonchev–Trinajstić information content (AvgIpc) is 1.88. The highest BCUT2D eigenvalue weighted by atomic mass is 35.5. The SMILES string of the molecule is CCN1C(O)COCC1Cl. The molecule has 0 spiro atoms. The van der Waals surface area contributed by atoms with Crippen LogP contribution in [0.1, 0.15) is 6.92 Å². The second-order valence-corrected chi connectivity index (χ2v) is 2.79. The summed E-state index contributed by atoms with van der Waals surface area (Å²) in [6, 6.07) is 0. The largest absolute Gasteiger partial charge is 0.376 e. The first kappa shape index (κ1) is 8.27. The van der Waals surface area contributed by atoms with Gasteiger partial charge in [0.1, 0.15) is 11.7 Å². The lowest BCUT2D eigenvalue weighted by Gasteiger charge is -2.34. The fourth-order valence-corrected chi connectivity index (χ4v) is 1.41. The molecule has 4 heteroatoms. The molecule has 0 saturated carbocycles. The Morgan fingerprint density at radius 2 is 2.40 bits per heavy atom. The van der Waals surface area contributed by atoms with Crippen molar-refractivity contribution >= 4 is 11.6 Å². The van der Waals surface area contributed by atoms with Gasteiger partial charge in [0.25, 0.3) is 0 Å². The number of likely N-dealkylation sites (N-methyl/N-ethyl adjacent to an activating group) is 1. The molecule has 1 heterocycles. The minimum atomic E-state index is -0.527. The van der Waals surface area contributed by atoms with Gasteiger partial charge in [0.05, 0.1) is 13.2 Å². The minimum absolute atomic E-state index is 0.172. The third-order valence-corrected chi connectivity index (χ3v) is 2.01. The van der Waals surface area contributed by atoms with Crippen molar-refractivity contribution in [1.29, 1.82) is 0 Å². The van der Waals surface area contributed by atoms with Crippen LogP contribution in [0.25, 0.3) is 0 Å². The molecule has 1 N–H and O–H groups in total. The van der Waals surface area contributed by atoms with Crippen LogP contribution in [-0.2, 0) is 4.74 Å². The minimum Gasteiger partial charge on any atom is -0.376 e. The molecule has 1 fully saturated rings. The molecule has 0 aliphatic carbocycles. The van der Waals surface area contributed by atoms with Crippen molar-refractivity contribution < 1.29 is 9.84 Å². The van der Waals surface area contributed by atoms with Gasteiger partial charge in [0.2, 0.25) is 0 Å². The van der Waals surface area contributed by atoms with E-state index in [0.717, 1.165) is 6.54 Å². The molecule has 0 aromatic carbocycles. The summed E-state index contributed by atoms with van der Waals surface area (Å²) >= 11 is 5.82. The van der Waals surface area contributed by atoms with E-state index in [1.165, 1.54) is 0 Å². The topological polar surface area (TPSA) is 32.7 Å². The Hall–Kier alpha value is 0.170. The third-order valence-electron chi connectivity index (χ3n) is 1.63. The number of ether oxygens (including phenoxy) is 1. The van der Waals surface area contributed by atoms with Crippen LogP contribution in [-0.4, -0.2) is 41.5 Å². The van der Waals surface area contributed by atoms with Gasteiger partial charge in [-0.1, -0.05) is 6.92 Å². The number of aliphatic hydroxyl groups is 1. The Morgan fingerprint density at radius 1 is 1.70 bits per heavy atom. The van der Waals surface area contributed by atoms with Crippen molar-refractivity contribution in [2.45, 2.75) is 18.7 Å². The van der Waals surface area contributed by atoms with Crippen LogP contribution in [0.2, 0.25) is 0 Å². The normalized spacial score (nSPS) is 36.3. The highest BCUT2D eigenvalue weighted by molar-refractivity contribution is 6.20. The van der Waals surface area contributed by atoms with Crippen molar-refractivity contribution in [3.8, 4) is 0 Å². The third kappa shape index (κ3) is 1.61. The van der Waals surface area contributed by atoms with Crippen molar-refractivity contribution in [2.75, 3.05) is 19.8 Å². The number of halogens is 1. The lowest BCUT2D eigenvalue weighted by Crippen LogP contribution is -2.49. The smallest absolute Gasteiger partial charge is 0.132 e. The van der Waals surface area contributed by atoms with Crippen LogP contribution in [0.5, 0.6) is 0 Å². The van der Waals surface area contributed by atoms with E-state index >= 15 is 0 Å². The van der Waals surface area contributed by atoms with Gasteiger partial charge < -0.3 is 9.84 Å². The zero-order valence-corrected chi connectivity index (χ0v) is 6.71. The predicted molar refractivity (Wildman–Crippen MR) is 38.8 cm³/mol. The molecule has 1 saturated heterocycles. The molecule has 0 aromatic rings. The number of rotatable bonds is 1. The van der Waals surface area contributed by atoms with E-state index in [-0.39, 0.29) is 5.50 Å². The van der Waals surface area contributed by atoms with Crippen LogP contribution in [0.3, 0.4) is 0 Å². The molecule has 2 unspecified atom stereocenters. The molecule has 2 atom stereocenters. The highest BCUT2D eigenvalue weighted by Gasteiger charge is 2.26. The number of nitrogens with zero attached hydrogens (tertiary/aromatic N) is 1. The molecule has 1 aliphatic heterocycles. The number of morpholine rings is 1. The Bertz CT molecular complexity index is 102.